The Morgan fingerprint density at radius 1 is 1.33 bits per heavy atom. The van der Waals surface area contributed by atoms with Gasteiger partial charge in [-0.1, -0.05) is 12.1 Å². The molecule has 3 amide bonds. The van der Waals surface area contributed by atoms with Crippen molar-refractivity contribution >= 4 is 11.9 Å². The number of carbonyl (C=O) groups excluding carboxylic acids is 2. The first-order valence-electron chi connectivity index (χ1n) is 7.97. The van der Waals surface area contributed by atoms with Gasteiger partial charge in [-0.15, -0.1) is 0 Å². The standard InChI is InChI=1S/C17H21N5O2/c1-12(20-17(24)21-9-7-19-16(23)11-21)14-3-5-15(6-4-14)22-10-8-18-13(22)2/h3-6,8,10,12H,7,9,11H2,1-2H3,(H,19,23)(H,20,24). The maximum atomic E-state index is 12.2. The zero-order valence-electron chi connectivity index (χ0n) is 13.8. The summed E-state index contributed by atoms with van der Waals surface area (Å²) in [5, 5.41) is 5.65. The van der Waals surface area contributed by atoms with E-state index < -0.39 is 0 Å². The molecule has 7 nitrogen and oxygen atoms in total. The topological polar surface area (TPSA) is 79.3 Å². The molecule has 1 saturated heterocycles. The molecule has 2 aromatic rings. The van der Waals surface area contributed by atoms with Crippen LogP contribution in [0.5, 0.6) is 0 Å². The lowest BCUT2D eigenvalue weighted by atomic mass is 10.1. The Balaban J connectivity index is 1.64. The third-order valence-corrected chi connectivity index (χ3v) is 4.16. The first kappa shape index (κ1) is 16.0. The maximum absolute atomic E-state index is 12.2. The number of piperazine rings is 1. The molecule has 0 spiro atoms. The molecule has 0 saturated carbocycles. The van der Waals surface area contributed by atoms with E-state index in [1.807, 2.05) is 48.9 Å². The Labute approximate surface area is 140 Å². The highest BCUT2D eigenvalue weighted by Gasteiger charge is 2.22. The second kappa shape index (κ2) is 6.74. The van der Waals surface area contributed by atoms with E-state index in [-0.39, 0.29) is 24.5 Å². The molecule has 0 aliphatic carbocycles. The average molecular weight is 327 g/mol. The van der Waals surface area contributed by atoms with Gasteiger partial charge in [-0.25, -0.2) is 9.78 Å². The van der Waals surface area contributed by atoms with Crippen LogP contribution in [0.2, 0.25) is 0 Å². The van der Waals surface area contributed by atoms with Crippen LogP contribution in [0.15, 0.2) is 36.7 Å². The minimum Gasteiger partial charge on any atom is -0.353 e. The Bertz CT molecular complexity index is 738. The summed E-state index contributed by atoms with van der Waals surface area (Å²) in [5.74, 6) is 0.802. The van der Waals surface area contributed by atoms with Crippen LogP contribution < -0.4 is 10.6 Å². The van der Waals surface area contributed by atoms with Gasteiger partial charge in [0.2, 0.25) is 5.91 Å². The number of amides is 3. The number of hydrogen-bond acceptors (Lipinski definition) is 3. The normalized spacial score (nSPS) is 15.8. The SMILES string of the molecule is Cc1nccn1-c1ccc(C(C)NC(=O)N2CCNC(=O)C2)cc1. The van der Waals surface area contributed by atoms with E-state index in [0.717, 1.165) is 17.1 Å². The number of aromatic nitrogens is 2. The highest BCUT2D eigenvalue weighted by molar-refractivity contribution is 5.85. The first-order valence-corrected chi connectivity index (χ1v) is 7.97. The molecule has 1 aliphatic rings. The van der Waals surface area contributed by atoms with Crippen LogP contribution in [-0.4, -0.2) is 46.0 Å². The van der Waals surface area contributed by atoms with Gasteiger partial charge in [0.15, 0.2) is 0 Å². The Morgan fingerprint density at radius 3 is 2.71 bits per heavy atom. The molecular weight excluding hydrogens is 306 g/mol. The van der Waals surface area contributed by atoms with Crippen molar-refractivity contribution in [2.75, 3.05) is 19.6 Å². The molecule has 0 bridgehead atoms. The number of rotatable bonds is 3. The minimum absolute atomic E-state index is 0.109. The number of benzene rings is 1. The van der Waals surface area contributed by atoms with Gasteiger partial charge >= 0.3 is 6.03 Å². The molecule has 2 heterocycles. The van der Waals surface area contributed by atoms with Crippen LogP contribution in [0.25, 0.3) is 5.69 Å². The van der Waals surface area contributed by atoms with Crippen molar-refractivity contribution in [2.45, 2.75) is 19.9 Å². The summed E-state index contributed by atoms with van der Waals surface area (Å²) in [5.41, 5.74) is 2.03. The van der Waals surface area contributed by atoms with Crippen LogP contribution in [-0.2, 0) is 4.79 Å². The number of nitrogens with one attached hydrogen (secondary N) is 2. The van der Waals surface area contributed by atoms with Gasteiger partial charge in [0.1, 0.15) is 12.4 Å². The number of aryl methyl sites for hydroxylation is 1. The minimum atomic E-state index is -0.216. The third-order valence-electron chi connectivity index (χ3n) is 4.16. The van der Waals surface area contributed by atoms with Crippen LogP contribution in [0.4, 0.5) is 4.79 Å². The van der Waals surface area contributed by atoms with E-state index in [4.69, 9.17) is 0 Å². The van der Waals surface area contributed by atoms with Gasteiger partial charge in [0, 0.05) is 31.2 Å². The van der Waals surface area contributed by atoms with Crippen molar-refractivity contribution in [3.63, 3.8) is 0 Å². The van der Waals surface area contributed by atoms with E-state index in [0.29, 0.717) is 13.1 Å². The lowest BCUT2D eigenvalue weighted by molar-refractivity contribution is -0.123. The highest BCUT2D eigenvalue weighted by Crippen LogP contribution is 2.17. The van der Waals surface area contributed by atoms with Crippen LogP contribution in [0, 0.1) is 6.92 Å². The number of nitrogens with zero attached hydrogens (tertiary/aromatic N) is 3. The Hall–Kier alpha value is -2.83. The molecule has 1 aliphatic heterocycles. The van der Waals surface area contributed by atoms with Gasteiger partial charge in [0.05, 0.1) is 6.04 Å². The monoisotopic (exact) mass is 327 g/mol. The molecule has 1 aromatic heterocycles. The predicted octanol–water partition coefficient (Wildman–Crippen LogP) is 1.38. The number of carbonyl (C=O) groups is 2. The van der Waals surface area contributed by atoms with Gasteiger partial charge in [-0.2, -0.15) is 0 Å². The zero-order chi connectivity index (χ0) is 17.1. The predicted molar refractivity (Wildman–Crippen MR) is 89.8 cm³/mol. The summed E-state index contributed by atoms with van der Waals surface area (Å²) in [7, 11) is 0. The second-order valence-electron chi connectivity index (χ2n) is 5.88. The Kier molecular flexibility index (Phi) is 4.50. The fourth-order valence-corrected chi connectivity index (χ4v) is 2.75. The molecule has 1 unspecified atom stereocenters. The van der Waals surface area contributed by atoms with Crippen LogP contribution in [0.3, 0.4) is 0 Å². The summed E-state index contributed by atoms with van der Waals surface area (Å²) in [6, 6.07) is 7.63. The fraction of sp³-hybridized carbons (Fsp3) is 0.353. The van der Waals surface area contributed by atoms with E-state index in [1.165, 1.54) is 4.90 Å². The van der Waals surface area contributed by atoms with Gasteiger partial charge in [0.25, 0.3) is 0 Å². The average Bonchev–Trinajstić information content (AvgIpc) is 3.01. The highest BCUT2D eigenvalue weighted by atomic mass is 16.2. The molecule has 1 aromatic carbocycles. The smallest absolute Gasteiger partial charge is 0.318 e. The first-order chi connectivity index (χ1) is 11.5. The van der Waals surface area contributed by atoms with Crippen LogP contribution >= 0.6 is 0 Å². The zero-order valence-corrected chi connectivity index (χ0v) is 13.8. The summed E-state index contributed by atoms with van der Waals surface area (Å²) in [4.78, 5) is 29.4. The van der Waals surface area contributed by atoms with Crippen molar-refractivity contribution < 1.29 is 9.59 Å². The quantitative estimate of drug-likeness (QED) is 0.894. The summed E-state index contributed by atoms with van der Waals surface area (Å²) in [6.07, 6.45) is 3.68. The van der Waals surface area contributed by atoms with Crippen molar-refractivity contribution in [3.05, 3.63) is 48.0 Å². The van der Waals surface area contributed by atoms with E-state index in [9.17, 15) is 9.59 Å². The molecular formula is C17H21N5O2. The number of imidazole rings is 1. The number of urea groups is 1. The Morgan fingerprint density at radius 2 is 2.08 bits per heavy atom. The van der Waals surface area contributed by atoms with E-state index in [1.54, 1.807) is 6.20 Å². The van der Waals surface area contributed by atoms with Gasteiger partial charge in [-0.05, 0) is 31.5 Å². The van der Waals surface area contributed by atoms with Gasteiger partial charge < -0.3 is 20.1 Å². The molecule has 1 fully saturated rings. The van der Waals surface area contributed by atoms with E-state index in [2.05, 4.69) is 15.6 Å². The van der Waals surface area contributed by atoms with E-state index >= 15 is 0 Å². The molecule has 1 atom stereocenters. The lowest BCUT2D eigenvalue weighted by Gasteiger charge is -2.28. The third kappa shape index (κ3) is 3.40. The molecule has 3 rings (SSSR count). The maximum Gasteiger partial charge on any atom is 0.318 e. The molecule has 7 heteroatoms. The summed E-state index contributed by atoms with van der Waals surface area (Å²) >= 11 is 0. The molecule has 0 radical (unpaired) electrons. The van der Waals surface area contributed by atoms with Crippen molar-refractivity contribution in [1.82, 2.24) is 25.1 Å². The van der Waals surface area contributed by atoms with Crippen molar-refractivity contribution in [1.29, 1.82) is 0 Å². The molecule has 2 N–H and O–H groups in total. The largest absolute Gasteiger partial charge is 0.353 e. The molecule has 126 valence electrons. The summed E-state index contributed by atoms with van der Waals surface area (Å²) in [6.45, 7) is 5.02. The lowest BCUT2D eigenvalue weighted by Crippen LogP contribution is -2.53. The van der Waals surface area contributed by atoms with Crippen molar-refractivity contribution in [2.24, 2.45) is 0 Å². The van der Waals surface area contributed by atoms with Crippen LogP contribution in [0.1, 0.15) is 24.4 Å². The second-order valence-corrected chi connectivity index (χ2v) is 5.88. The summed E-state index contributed by atoms with van der Waals surface area (Å²) < 4.78 is 2.00. The van der Waals surface area contributed by atoms with Gasteiger partial charge in [-0.3, -0.25) is 4.79 Å². The number of hydrogen-bond donors (Lipinski definition) is 2. The van der Waals surface area contributed by atoms with Crippen molar-refractivity contribution in [3.8, 4) is 5.69 Å². The fourth-order valence-electron chi connectivity index (χ4n) is 2.75. The molecule has 24 heavy (non-hydrogen) atoms.